The van der Waals surface area contributed by atoms with Crippen LogP contribution < -0.4 is 15.0 Å². The van der Waals surface area contributed by atoms with E-state index in [1.54, 1.807) is 36.3 Å². The van der Waals surface area contributed by atoms with Gasteiger partial charge in [-0.1, -0.05) is 48.5 Å². The van der Waals surface area contributed by atoms with Crippen LogP contribution >= 0.6 is 0 Å². The molecule has 5 heteroatoms. The number of benzene rings is 3. The molecule has 4 rings (SSSR count). The van der Waals surface area contributed by atoms with Crippen molar-refractivity contribution in [1.82, 2.24) is 5.32 Å². The number of anilines is 1. The lowest BCUT2D eigenvalue weighted by Gasteiger charge is -2.39. The number of ether oxygens (including phenoxy) is 1. The van der Waals surface area contributed by atoms with E-state index in [2.05, 4.69) is 5.32 Å². The average molecular weight is 415 g/mol. The first-order valence-corrected chi connectivity index (χ1v) is 10.5. The van der Waals surface area contributed by atoms with Gasteiger partial charge in [0.05, 0.1) is 13.0 Å². The number of carbonyl (C=O) groups excluding carboxylic acids is 2. The minimum Gasteiger partial charge on any atom is -0.497 e. The summed E-state index contributed by atoms with van der Waals surface area (Å²) in [5, 5.41) is 3.06. The van der Waals surface area contributed by atoms with Crippen molar-refractivity contribution in [3.05, 3.63) is 95.6 Å². The van der Waals surface area contributed by atoms with Crippen LogP contribution in [0, 0.1) is 0 Å². The third-order valence-corrected chi connectivity index (χ3v) is 5.77. The molecule has 0 fully saturated rings. The van der Waals surface area contributed by atoms with Crippen molar-refractivity contribution in [1.29, 1.82) is 0 Å². The van der Waals surface area contributed by atoms with E-state index in [4.69, 9.17) is 4.74 Å². The lowest BCUT2D eigenvalue weighted by molar-refractivity contribution is -0.123. The molecule has 3 aromatic rings. The van der Waals surface area contributed by atoms with Crippen LogP contribution in [-0.4, -0.2) is 25.0 Å². The molecule has 0 unspecified atom stereocenters. The fourth-order valence-electron chi connectivity index (χ4n) is 4.15. The number of amides is 2. The first-order chi connectivity index (χ1) is 15.1. The van der Waals surface area contributed by atoms with Crippen LogP contribution in [0.2, 0.25) is 0 Å². The molecule has 158 valence electrons. The summed E-state index contributed by atoms with van der Waals surface area (Å²) in [6.45, 7) is 2.48. The van der Waals surface area contributed by atoms with Crippen molar-refractivity contribution in [3.8, 4) is 5.75 Å². The first-order valence-electron chi connectivity index (χ1n) is 10.5. The van der Waals surface area contributed by atoms with Gasteiger partial charge < -0.3 is 15.0 Å². The van der Waals surface area contributed by atoms with Gasteiger partial charge >= 0.3 is 0 Å². The Labute approximate surface area is 182 Å². The maximum Gasteiger partial charge on any atom is 0.258 e. The lowest BCUT2D eigenvalue weighted by Crippen LogP contribution is -2.45. The summed E-state index contributed by atoms with van der Waals surface area (Å²) in [7, 11) is 1.60. The highest BCUT2D eigenvalue weighted by molar-refractivity contribution is 6.08. The second kappa shape index (κ2) is 9.04. The standard InChI is InChI=1S/C26H26N2O3/c1-18-16-23(25(29)27-17-19-8-4-3-5-9-19)22-10-6-7-11-24(22)28(18)26(30)20-12-14-21(31-2)15-13-20/h3-15,18,23H,16-17H2,1-2H3,(H,27,29)/t18-,23-/m0/s1. The Bertz CT molecular complexity index is 1060. The van der Waals surface area contributed by atoms with E-state index in [1.165, 1.54) is 0 Å². The van der Waals surface area contributed by atoms with Crippen molar-refractivity contribution in [2.24, 2.45) is 0 Å². The fourth-order valence-corrected chi connectivity index (χ4v) is 4.15. The van der Waals surface area contributed by atoms with Gasteiger partial charge in [-0.15, -0.1) is 0 Å². The van der Waals surface area contributed by atoms with Crippen LogP contribution in [0.5, 0.6) is 5.75 Å². The number of carbonyl (C=O) groups is 2. The third kappa shape index (κ3) is 4.31. The number of hydrogen-bond donors (Lipinski definition) is 1. The summed E-state index contributed by atoms with van der Waals surface area (Å²) in [4.78, 5) is 28.2. The molecule has 5 nitrogen and oxygen atoms in total. The van der Waals surface area contributed by atoms with E-state index in [0.29, 0.717) is 24.3 Å². The highest BCUT2D eigenvalue weighted by atomic mass is 16.5. The Balaban J connectivity index is 1.58. The molecule has 0 aromatic heterocycles. The molecule has 1 heterocycles. The van der Waals surface area contributed by atoms with Crippen LogP contribution in [0.1, 0.15) is 40.7 Å². The Hall–Kier alpha value is -3.60. The zero-order valence-electron chi connectivity index (χ0n) is 17.7. The highest BCUT2D eigenvalue weighted by Crippen LogP contribution is 2.39. The number of para-hydroxylation sites is 1. The van der Waals surface area contributed by atoms with Crippen LogP contribution in [0.3, 0.4) is 0 Å². The number of rotatable bonds is 5. The number of nitrogens with zero attached hydrogens (tertiary/aromatic N) is 1. The van der Waals surface area contributed by atoms with E-state index in [-0.39, 0.29) is 23.8 Å². The summed E-state index contributed by atoms with van der Waals surface area (Å²) in [6.07, 6.45) is 0.569. The van der Waals surface area contributed by atoms with Gasteiger partial charge in [-0.3, -0.25) is 9.59 Å². The van der Waals surface area contributed by atoms with Crippen molar-refractivity contribution >= 4 is 17.5 Å². The molecule has 3 aromatic carbocycles. The minimum atomic E-state index is -0.296. The molecular formula is C26H26N2O3. The lowest BCUT2D eigenvalue weighted by atomic mass is 9.85. The van der Waals surface area contributed by atoms with Crippen molar-refractivity contribution < 1.29 is 14.3 Å². The molecule has 1 aliphatic rings. The second-order valence-corrected chi connectivity index (χ2v) is 7.80. The van der Waals surface area contributed by atoms with E-state index < -0.39 is 0 Å². The molecule has 0 saturated heterocycles. The summed E-state index contributed by atoms with van der Waals surface area (Å²) >= 11 is 0. The van der Waals surface area contributed by atoms with E-state index >= 15 is 0 Å². The van der Waals surface area contributed by atoms with Gasteiger partial charge in [-0.25, -0.2) is 0 Å². The molecule has 0 radical (unpaired) electrons. The number of fused-ring (bicyclic) bond motifs is 1. The third-order valence-electron chi connectivity index (χ3n) is 5.77. The van der Waals surface area contributed by atoms with Crippen LogP contribution in [0.4, 0.5) is 5.69 Å². The summed E-state index contributed by atoms with van der Waals surface area (Å²) in [5.74, 6) is 0.319. The van der Waals surface area contributed by atoms with Gasteiger partial charge in [0.2, 0.25) is 5.91 Å². The molecule has 0 spiro atoms. The maximum absolute atomic E-state index is 13.3. The summed E-state index contributed by atoms with van der Waals surface area (Å²) < 4.78 is 5.20. The van der Waals surface area contributed by atoms with Crippen LogP contribution in [0.15, 0.2) is 78.9 Å². The SMILES string of the molecule is COc1ccc(C(=O)N2c3ccccc3[C@@H](C(=O)NCc3ccccc3)C[C@@H]2C)cc1. The first kappa shape index (κ1) is 20.7. The van der Waals surface area contributed by atoms with Gasteiger partial charge in [0.25, 0.3) is 5.91 Å². The molecule has 1 aliphatic heterocycles. The second-order valence-electron chi connectivity index (χ2n) is 7.80. The smallest absolute Gasteiger partial charge is 0.258 e. The molecule has 0 aliphatic carbocycles. The van der Waals surface area contributed by atoms with Gasteiger partial charge in [-0.05, 0) is 54.8 Å². The molecule has 31 heavy (non-hydrogen) atoms. The monoisotopic (exact) mass is 414 g/mol. The maximum atomic E-state index is 13.3. The molecule has 0 bridgehead atoms. The molecule has 2 atom stereocenters. The predicted octanol–water partition coefficient (Wildman–Crippen LogP) is 4.53. The Morgan fingerprint density at radius 3 is 2.35 bits per heavy atom. The van der Waals surface area contributed by atoms with E-state index in [0.717, 1.165) is 16.8 Å². The van der Waals surface area contributed by atoms with Crippen molar-refractivity contribution in [3.63, 3.8) is 0 Å². The Morgan fingerprint density at radius 2 is 1.65 bits per heavy atom. The highest BCUT2D eigenvalue weighted by Gasteiger charge is 2.37. The van der Waals surface area contributed by atoms with Gasteiger partial charge in [0.1, 0.15) is 5.75 Å². The van der Waals surface area contributed by atoms with Gasteiger partial charge in [-0.2, -0.15) is 0 Å². The average Bonchev–Trinajstić information content (AvgIpc) is 2.82. The quantitative estimate of drug-likeness (QED) is 0.667. The molecule has 2 amide bonds. The van der Waals surface area contributed by atoms with E-state index in [1.807, 2.05) is 61.5 Å². The Kier molecular flexibility index (Phi) is 6.03. The van der Waals surface area contributed by atoms with Crippen molar-refractivity contribution in [2.45, 2.75) is 31.8 Å². The Morgan fingerprint density at radius 1 is 0.968 bits per heavy atom. The minimum absolute atomic E-state index is 0.0142. The van der Waals surface area contributed by atoms with Gasteiger partial charge in [0, 0.05) is 23.8 Å². The number of hydrogen-bond acceptors (Lipinski definition) is 3. The summed E-state index contributed by atoms with van der Waals surface area (Å²) in [6, 6.07) is 24.6. The zero-order valence-corrected chi connectivity index (χ0v) is 17.7. The zero-order chi connectivity index (χ0) is 21.8. The number of methoxy groups -OCH3 is 1. The van der Waals surface area contributed by atoms with Crippen LogP contribution in [-0.2, 0) is 11.3 Å². The van der Waals surface area contributed by atoms with Crippen molar-refractivity contribution in [2.75, 3.05) is 12.0 Å². The van der Waals surface area contributed by atoms with E-state index in [9.17, 15) is 9.59 Å². The largest absolute Gasteiger partial charge is 0.497 e. The number of nitrogens with one attached hydrogen (secondary N) is 1. The fraction of sp³-hybridized carbons (Fsp3) is 0.231. The molecular weight excluding hydrogens is 388 g/mol. The van der Waals surface area contributed by atoms with Crippen LogP contribution in [0.25, 0.3) is 0 Å². The van der Waals surface area contributed by atoms with Gasteiger partial charge in [0.15, 0.2) is 0 Å². The molecule has 0 saturated carbocycles. The normalized spacial score (nSPS) is 17.5. The predicted molar refractivity (Wildman–Crippen MR) is 121 cm³/mol. The molecule has 1 N–H and O–H groups in total. The topological polar surface area (TPSA) is 58.6 Å². The summed E-state index contributed by atoms with van der Waals surface area (Å²) in [5.41, 5.74) is 3.33.